The van der Waals surface area contributed by atoms with Gasteiger partial charge in [0.2, 0.25) is 0 Å². The second kappa shape index (κ2) is 5.57. The number of halogens is 3. The summed E-state index contributed by atoms with van der Waals surface area (Å²) in [5.41, 5.74) is 6.12. The van der Waals surface area contributed by atoms with Crippen molar-refractivity contribution in [2.45, 2.75) is 6.54 Å². The molecule has 0 atom stereocenters. The molecule has 2 aromatic rings. The lowest BCUT2D eigenvalue weighted by molar-refractivity contribution is 0.436. The Labute approximate surface area is 114 Å². The smallest absolute Gasteiger partial charge is 0.167 e. The molecule has 94 valence electrons. The molecule has 0 heterocycles. The molecule has 18 heavy (non-hydrogen) atoms. The zero-order chi connectivity index (χ0) is 13.1. The summed E-state index contributed by atoms with van der Waals surface area (Å²) in [5.74, 6) is 0.0478. The summed E-state index contributed by atoms with van der Waals surface area (Å²) in [6.07, 6.45) is 0. The zero-order valence-corrected chi connectivity index (χ0v) is 10.8. The molecule has 0 unspecified atom stereocenters. The van der Waals surface area contributed by atoms with Gasteiger partial charge in [0, 0.05) is 18.2 Å². The molecule has 0 saturated carbocycles. The molecule has 0 aliphatic heterocycles. The third-order valence-corrected chi connectivity index (χ3v) is 3.12. The van der Waals surface area contributed by atoms with Crippen LogP contribution in [0.1, 0.15) is 5.56 Å². The molecule has 0 aliphatic carbocycles. The van der Waals surface area contributed by atoms with Crippen molar-refractivity contribution in [1.29, 1.82) is 0 Å². The van der Waals surface area contributed by atoms with E-state index in [1.165, 1.54) is 12.1 Å². The van der Waals surface area contributed by atoms with Crippen LogP contribution in [-0.2, 0) is 6.54 Å². The van der Waals surface area contributed by atoms with Crippen LogP contribution in [0, 0.1) is 5.82 Å². The Bertz CT molecular complexity index is 575. The predicted molar refractivity (Wildman–Crippen MR) is 70.8 cm³/mol. The number of hydrogen-bond donors (Lipinski definition) is 1. The standard InChI is InChI=1S/C13H10Cl2FNO/c14-10-5-4-9(6-11(10)15)18-13-8(7-17)2-1-3-12(13)16/h1-6H,7,17H2. The molecule has 0 amide bonds. The van der Waals surface area contributed by atoms with E-state index >= 15 is 0 Å². The first-order chi connectivity index (χ1) is 8.61. The molecular formula is C13H10Cl2FNO. The molecule has 0 radical (unpaired) electrons. The molecule has 2 N–H and O–H groups in total. The Morgan fingerprint density at radius 2 is 1.89 bits per heavy atom. The largest absolute Gasteiger partial charge is 0.454 e. The summed E-state index contributed by atoms with van der Waals surface area (Å²) in [4.78, 5) is 0. The van der Waals surface area contributed by atoms with E-state index in [9.17, 15) is 4.39 Å². The van der Waals surface area contributed by atoms with Crippen LogP contribution in [-0.4, -0.2) is 0 Å². The zero-order valence-electron chi connectivity index (χ0n) is 9.29. The second-order valence-corrected chi connectivity index (χ2v) is 4.42. The van der Waals surface area contributed by atoms with E-state index < -0.39 is 5.82 Å². The SMILES string of the molecule is NCc1cccc(F)c1Oc1ccc(Cl)c(Cl)c1. The molecule has 2 aromatic carbocycles. The topological polar surface area (TPSA) is 35.2 Å². The van der Waals surface area contributed by atoms with Gasteiger partial charge in [-0.05, 0) is 18.2 Å². The number of hydrogen-bond acceptors (Lipinski definition) is 2. The average Bonchev–Trinajstić information content (AvgIpc) is 2.36. The fourth-order valence-electron chi connectivity index (χ4n) is 1.49. The number of benzene rings is 2. The van der Waals surface area contributed by atoms with Crippen molar-refractivity contribution >= 4 is 23.2 Å². The van der Waals surface area contributed by atoms with Crippen LogP contribution >= 0.6 is 23.2 Å². The fraction of sp³-hybridized carbons (Fsp3) is 0.0769. The lowest BCUT2D eigenvalue weighted by Crippen LogP contribution is -2.01. The summed E-state index contributed by atoms with van der Waals surface area (Å²) >= 11 is 11.7. The summed E-state index contributed by atoms with van der Waals surface area (Å²) in [6, 6.07) is 9.32. The van der Waals surface area contributed by atoms with E-state index in [0.29, 0.717) is 21.4 Å². The molecule has 0 fully saturated rings. The van der Waals surface area contributed by atoms with Gasteiger partial charge >= 0.3 is 0 Å². The molecule has 0 aromatic heterocycles. The minimum Gasteiger partial charge on any atom is -0.454 e. The highest BCUT2D eigenvalue weighted by Crippen LogP contribution is 2.32. The van der Waals surface area contributed by atoms with E-state index in [1.54, 1.807) is 24.3 Å². The molecule has 2 nitrogen and oxygen atoms in total. The van der Waals surface area contributed by atoms with E-state index in [0.717, 1.165) is 0 Å². The van der Waals surface area contributed by atoms with Crippen molar-refractivity contribution in [3.63, 3.8) is 0 Å². The van der Waals surface area contributed by atoms with Crippen molar-refractivity contribution in [2.24, 2.45) is 5.73 Å². The Kier molecular flexibility index (Phi) is 4.07. The lowest BCUT2D eigenvalue weighted by Gasteiger charge is -2.11. The summed E-state index contributed by atoms with van der Waals surface area (Å²) in [7, 11) is 0. The van der Waals surface area contributed by atoms with E-state index in [-0.39, 0.29) is 12.3 Å². The third kappa shape index (κ3) is 2.75. The summed E-state index contributed by atoms with van der Waals surface area (Å²) in [6.45, 7) is 0.189. The Morgan fingerprint density at radius 1 is 1.11 bits per heavy atom. The first-order valence-corrected chi connectivity index (χ1v) is 5.97. The van der Waals surface area contributed by atoms with Crippen molar-refractivity contribution in [3.05, 3.63) is 57.8 Å². The van der Waals surface area contributed by atoms with Gasteiger partial charge in [-0.3, -0.25) is 0 Å². The number of ether oxygens (including phenoxy) is 1. The quantitative estimate of drug-likeness (QED) is 0.908. The van der Waals surface area contributed by atoms with Crippen molar-refractivity contribution in [2.75, 3.05) is 0 Å². The summed E-state index contributed by atoms with van der Waals surface area (Å²) < 4.78 is 19.1. The molecule has 0 saturated heterocycles. The Balaban J connectivity index is 2.36. The van der Waals surface area contributed by atoms with Gasteiger partial charge in [0.25, 0.3) is 0 Å². The summed E-state index contributed by atoms with van der Waals surface area (Å²) in [5, 5.41) is 0.761. The van der Waals surface area contributed by atoms with E-state index in [1.807, 2.05) is 0 Å². The van der Waals surface area contributed by atoms with Crippen LogP contribution in [0.4, 0.5) is 4.39 Å². The van der Waals surface area contributed by atoms with Gasteiger partial charge in [-0.2, -0.15) is 0 Å². The minimum atomic E-state index is -0.468. The first kappa shape index (κ1) is 13.1. The van der Waals surface area contributed by atoms with Crippen LogP contribution in [0.3, 0.4) is 0 Å². The van der Waals surface area contributed by atoms with Crippen LogP contribution in [0.25, 0.3) is 0 Å². The van der Waals surface area contributed by atoms with Gasteiger partial charge in [0.15, 0.2) is 11.6 Å². The molecule has 0 aliphatic rings. The van der Waals surface area contributed by atoms with Gasteiger partial charge in [-0.25, -0.2) is 4.39 Å². The van der Waals surface area contributed by atoms with Crippen molar-refractivity contribution < 1.29 is 9.13 Å². The monoisotopic (exact) mass is 285 g/mol. The first-order valence-electron chi connectivity index (χ1n) is 5.22. The molecule has 0 spiro atoms. The highest BCUT2D eigenvalue weighted by atomic mass is 35.5. The average molecular weight is 286 g/mol. The minimum absolute atomic E-state index is 0.110. The van der Waals surface area contributed by atoms with Gasteiger partial charge in [0.1, 0.15) is 5.75 Å². The third-order valence-electron chi connectivity index (χ3n) is 2.38. The highest BCUT2D eigenvalue weighted by molar-refractivity contribution is 6.42. The number of para-hydroxylation sites is 1. The van der Waals surface area contributed by atoms with E-state index in [4.69, 9.17) is 33.7 Å². The molecular weight excluding hydrogens is 276 g/mol. The predicted octanol–water partition coefficient (Wildman–Crippen LogP) is 4.38. The van der Waals surface area contributed by atoms with Crippen molar-refractivity contribution in [1.82, 2.24) is 0 Å². The maximum atomic E-state index is 13.7. The maximum absolute atomic E-state index is 13.7. The van der Waals surface area contributed by atoms with Crippen LogP contribution in [0.2, 0.25) is 10.0 Å². The number of rotatable bonds is 3. The molecule has 2 rings (SSSR count). The highest BCUT2D eigenvalue weighted by Gasteiger charge is 2.10. The molecule has 0 bridgehead atoms. The normalized spacial score (nSPS) is 10.4. The second-order valence-electron chi connectivity index (χ2n) is 3.61. The Hall–Kier alpha value is -1.29. The van der Waals surface area contributed by atoms with Gasteiger partial charge in [-0.1, -0.05) is 35.3 Å². The molecule has 5 heteroatoms. The van der Waals surface area contributed by atoms with Crippen molar-refractivity contribution in [3.8, 4) is 11.5 Å². The lowest BCUT2D eigenvalue weighted by atomic mass is 10.2. The fourth-order valence-corrected chi connectivity index (χ4v) is 1.77. The van der Waals surface area contributed by atoms with E-state index in [2.05, 4.69) is 0 Å². The van der Waals surface area contributed by atoms with Gasteiger partial charge in [-0.15, -0.1) is 0 Å². The Morgan fingerprint density at radius 3 is 2.56 bits per heavy atom. The number of nitrogens with two attached hydrogens (primary N) is 1. The van der Waals surface area contributed by atoms with Crippen LogP contribution < -0.4 is 10.5 Å². The van der Waals surface area contributed by atoms with Crippen LogP contribution in [0.5, 0.6) is 11.5 Å². The van der Waals surface area contributed by atoms with Crippen LogP contribution in [0.15, 0.2) is 36.4 Å². The van der Waals surface area contributed by atoms with Gasteiger partial charge < -0.3 is 10.5 Å². The maximum Gasteiger partial charge on any atom is 0.167 e. The van der Waals surface area contributed by atoms with Gasteiger partial charge in [0.05, 0.1) is 10.0 Å².